The van der Waals surface area contributed by atoms with Gasteiger partial charge < -0.3 is 10.5 Å². The molecule has 1 heterocycles. The van der Waals surface area contributed by atoms with Crippen LogP contribution >= 0.6 is 11.3 Å². The summed E-state index contributed by atoms with van der Waals surface area (Å²) >= 11 is 1.25. The minimum absolute atomic E-state index is 0.276. The zero-order valence-corrected chi connectivity index (χ0v) is 10.9. The van der Waals surface area contributed by atoms with E-state index in [4.69, 9.17) is 10.5 Å². The molecule has 0 bridgehead atoms. The van der Waals surface area contributed by atoms with Crippen molar-refractivity contribution >= 4 is 22.4 Å². The fraction of sp³-hybridized carbons (Fsp3) is 0.667. The Hall–Kier alpha value is -1.10. The van der Waals surface area contributed by atoms with Crippen molar-refractivity contribution in [3.63, 3.8) is 0 Å². The first kappa shape index (κ1) is 12.4. The van der Waals surface area contributed by atoms with E-state index in [1.807, 2.05) is 6.92 Å². The highest BCUT2D eigenvalue weighted by Gasteiger charge is 2.26. The van der Waals surface area contributed by atoms with Crippen molar-refractivity contribution in [2.45, 2.75) is 44.9 Å². The second kappa shape index (κ2) is 5.49. The average Bonchev–Trinajstić information content (AvgIpc) is 2.73. The SMILES string of the molecule is CCOC(=O)c1sc(N)nc1C1CCCCC1. The molecule has 0 amide bonds. The fourth-order valence-electron chi connectivity index (χ4n) is 2.34. The molecule has 1 aromatic heterocycles. The van der Waals surface area contributed by atoms with Crippen LogP contribution in [0.5, 0.6) is 0 Å². The summed E-state index contributed by atoms with van der Waals surface area (Å²) in [7, 11) is 0. The average molecular weight is 254 g/mol. The molecule has 5 heteroatoms. The third-order valence-electron chi connectivity index (χ3n) is 3.12. The lowest BCUT2D eigenvalue weighted by Gasteiger charge is -2.20. The van der Waals surface area contributed by atoms with E-state index in [1.165, 1.54) is 30.6 Å². The summed E-state index contributed by atoms with van der Waals surface area (Å²) in [6.45, 7) is 2.20. The van der Waals surface area contributed by atoms with Gasteiger partial charge in [0.15, 0.2) is 5.13 Å². The van der Waals surface area contributed by atoms with E-state index >= 15 is 0 Å². The molecule has 1 aliphatic rings. The van der Waals surface area contributed by atoms with Crippen LogP contribution in [-0.4, -0.2) is 17.6 Å². The van der Waals surface area contributed by atoms with Crippen LogP contribution in [0.1, 0.15) is 60.3 Å². The minimum Gasteiger partial charge on any atom is -0.462 e. The van der Waals surface area contributed by atoms with Crippen LogP contribution in [0.3, 0.4) is 0 Å². The van der Waals surface area contributed by atoms with Crippen molar-refractivity contribution in [1.82, 2.24) is 4.98 Å². The Bertz CT molecular complexity index is 397. The van der Waals surface area contributed by atoms with Crippen molar-refractivity contribution in [2.24, 2.45) is 0 Å². The van der Waals surface area contributed by atoms with Crippen LogP contribution in [0.2, 0.25) is 0 Å². The number of hydrogen-bond donors (Lipinski definition) is 1. The molecule has 0 spiro atoms. The van der Waals surface area contributed by atoms with Crippen LogP contribution in [0, 0.1) is 0 Å². The largest absolute Gasteiger partial charge is 0.462 e. The molecule has 0 atom stereocenters. The molecule has 1 aliphatic carbocycles. The third-order valence-corrected chi connectivity index (χ3v) is 4.00. The van der Waals surface area contributed by atoms with E-state index in [0.29, 0.717) is 22.5 Å². The van der Waals surface area contributed by atoms with E-state index in [9.17, 15) is 4.79 Å². The highest BCUT2D eigenvalue weighted by atomic mass is 32.1. The molecule has 2 N–H and O–H groups in total. The molecule has 0 aliphatic heterocycles. The topological polar surface area (TPSA) is 65.2 Å². The van der Waals surface area contributed by atoms with Crippen LogP contribution in [0.25, 0.3) is 0 Å². The number of nitrogen functional groups attached to an aromatic ring is 1. The van der Waals surface area contributed by atoms with Crippen molar-refractivity contribution in [3.05, 3.63) is 10.6 Å². The number of thiazole rings is 1. The molecule has 0 radical (unpaired) electrons. The van der Waals surface area contributed by atoms with Gasteiger partial charge in [0.25, 0.3) is 0 Å². The summed E-state index contributed by atoms with van der Waals surface area (Å²) in [6.07, 6.45) is 5.92. The van der Waals surface area contributed by atoms with E-state index in [0.717, 1.165) is 18.5 Å². The van der Waals surface area contributed by atoms with E-state index in [-0.39, 0.29) is 5.97 Å². The van der Waals surface area contributed by atoms with Gasteiger partial charge in [0, 0.05) is 5.92 Å². The van der Waals surface area contributed by atoms with Gasteiger partial charge in [0.05, 0.1) is 12.3 Å². The molecule has 0 unspecified atom stereocenters. The lowest BCUT2D eigenvalue weighted by atomic mass is 9.86. The molecule has 2 rings (SSSR count). The van der Waals surface area contributed by atoms with E-state index < -0.39 is 0 Å². The number of esters is 1. The molecule has 94 valence electrons. The number of aromatic nitrogens is 1. The molecule has 0 aromatic carbocycles. The highest BCUT2D eigenvalue weighted by molar-refractivity contribution is 7.17. The second-order valence-electron chi connectivity index (χ2n) is 4.32. The number of anilines is 1. The Labute approximate surface area is 105 Å². The summed E-state index contributed by atoms with van der Waals surface area (Å²) in [5.41, 5.74) is 6.59. The van der Waals surface area contributed by atoms with Crippen LogP contribution < -0.4 is 5.73 Å². The number of nitrogens with zero attached hydrogens (tertiary/aromatic N) is 1. The molecule has 4 nitrogen and oxygen atoms in total. The number of rotatable bonds is 3. The zero-order chi connectivity index (χ0) is 12.3. The van der Waals surface area contributed by atoms with E-state index in [1.54, 1.807) is 0 Å². The molecule has 17 heavy (non-hydrogen) atoms. The van der Waals surface area contributed by atoms with Crippen molar-refractivity contribution < 1.29 is 9.53 Å². The van der Waals surface area contributed by atoms with Gasteiger partial charge in [-0.05, 0) is 19.8 Å². The normalized spacial score (nSPS) is 17.0. The monoisotopic (exact) mass is 254 g/mol. The Morgan fingerprint density at radius 2 is 2.18 bits per heavy atom. The molecular weight excluding hydrogens is 236 g/mol. The second-order valence-corrected chi connectivity index (χ2v) is 5.35. The van der Waals surface area contributed by atoms with E-state index in [2.05, 4.69) is 4.98 Å². The minimum atomic E-state index is -0.276. The van der Waals surface area contributed by atoms with Gasteiger partial charge in [-0.1, -0.05) is 30.6 Å². The quantitative estimate of drug-likeness (QED) is 0.842. The van der Waals surface area contributed by atoms with Crippen LogP contribution in [0.15, 0.2) is 0 Å². The third kappa shape index (κ3) is 2.77. The Morgan fingerprint density at radius 1 is 1.47 bits per heavy atom. The summed E-state index contributed by atoms with van der Waals surface area (Å²) in [6, 6.07) is 0. The molecule has 1 aromatic rings. The fourth-order valence-corrected chi connectivity index (χ4v) is 3.16. The van der Waals surface area contributed by atoms with Gasteiger partial charge in [0.2, 0.25) is 0 Å². The first-order valence-corrected chi connectivity index (χ1v) is 6.97. The molecule has 0 saturated heterocycles. The number of carbonyl (C=O) groups is 1. The van der Waals surface area contributed by atoms with Crippen molar-refractivity contribution in [1.29, 1.82) is 0 Å². The standard InChI is InChI=1S/C12H18N2O2S/c1-2-16-11(15)10-9(14-12(13)17-10)8-6-4-3-5-7-8/h8H,2-7H2,1H3,(H2,13,14). The predicted molar refractivity (Wildman–Crippen MR) is 68.3 cm³/mol. The maximum Gasteiger partial charge on any atom is 0.350 e. The smallest absolute Gasteiger partial charge is 0.350 e. The highest BCUT2D eigenvalue weighted by Crippen LogP contribution is 2.36. The Kier molecular flexibility index (Phi) is 3.99. The number of nitrogens with two attached hydrogens (primary N) is 1. The summed E-state index contributed by atoms with van der Waals surface area (Å²) < 4.78 is 5.05. The van der Waals surface area contributed by atoms with Gasteiger partial charge in [0.1, 0.15) is 4.88 Å². The first-order chi connectivity index (χ1) is 8.22. The number of carbonyl (C=O) groups excluding carboxylic acids is 1. The van der Waals surface area contributed by atoms with Crippen molar-refractivity contribution in [3.8, 4) is 0 Å². The lowest BCUT2D eigenvalue weighted by molar-refractivity contribution is 0.0529. The molecular formula is C12H18N2O2S. The Morgan fingerprint density at radius 3 is 2.82 bits per heavy atom. The molecule has 1 saturated carbocycles. The van der Waals surface area contributed by atoms with Crippen LogP contribution in [0.4, 0.5) is 5.13 Å². The van der Waals surface area contributed by atoms with Gasteiger partial charge in [-0.25, -0.2) is 9.78 Å². The number of ether oxygens (including phenoxy) is 1. The summed E-state index contributed by atoms with van der Waals surface area (Å²) in [4.78, 5) is 16.8. The van der Waals surface area contributed by atoms with Gasteiger partial charge in [-0.2, -0.15) is 0 Å². The first-order valence-electron chi connectivity index (χ1n) is 6.15. The zero-order valence-electron chi connectivity index (χ0n) is 10.1. The Balaban J connectivity index is 2.22. The van der Waals surface area contributed by atoms with Gasteiger partial charge >= 0.3 is 5.97 Å². The summed E-state index contributed by atoms with van der Waals surface area (Å²) in [5, 5.41) is 0.466. The van der Waals surface area contributed by atoms with Crippen molar-refractivity contribution in [2.75, 3.05) is 12.3 Å². The van der Waals surface area contributed by atoms with Crippen LogP contribution in [-0.2, 0) is 4.74 Å². The summed E-state index contributed by atoms with van der Waals surface area (Å²) in [5.74, 6) is 0.110. The van der Waals surface area contributed by atoms with Gasteiger partial charge in [-0.3, -0.25) is 0 Å². The lowest BCUT2D eigenvalue weighted by Crippen LogP contribution is -2.11. The molecule has 1 fully saturated rings. The maximum absolute atomic E-state index is 11.8. The van der Waals surface area contributed by atoms with Gasteiger partial charge in [-0.15, -0.1) is 0 Å². The predicted octanol–water partition coefficient (Wildman–Crippen LogP) is 2.95. The maximum atomic E-state index is 11.8. The number of hydrogen-bond acceptors (Lipinski definition) is 5.